The molecular weight excluding hydrogens is 292 g/mol. The van der Waals surface area contributed by atoms with E-state index in [1.165, 1.54) is 12.1 Å². The van der Waals surface area contributed by atoms with E-state index in [2.05, 4.69) is 5.10 Å². The molecule has 0 atom stereocenters. The first-order valence-electron chi connectivity index (χ1n) is 5.10. The molecule has 1 rings (SSSR count). The van der Waals surface area contributed by atoms with Crippen molar-refractivity contribution in [2.24, 2.45) is 10.8 Å². The number of hydrogen-bond acceptors (Lipinski definition) is 5. The number of nitrogens with zero attached hydrogens (tertiary/aromatic N) is 3. The third-order valence-corrected chi connectivity index (χ3v) is 2.20. The second-order valence-corrected chi connectivity index (χ2v) is 3.55. The van der Waals surface area contributed by atoms with Crippen molar-refractivity contribution >= 4 is 17.2 Å². The standard InChI is InChI=1S/C11H6F4N6/c12-6-2-1-5(3-16)9(8(6)11(13,14)15)21-20-7(4-17)10(18)19/h1-2,21H,(H3,18,19)/b20-7+. The summed E-state index contributed by atoms with van der Waals surface area (Å²) in [6, 6.07) is 4.12. The van der Waals surface area contributed by atoms with Crippen molar-refractivity contribution in [3.8, 4) is 12.1 Å². The average Bonchev–Trinajstić information content (AvgIpc) is 2.37. The van der Waals surface area contributed by atoms with Crippen LogP contribution >= 0.6 is 0 Å². The fourth-order valence-electron chi connectivity index (χ4n) is 1.32. The van der Waals surface area contributed by atoms with Gasteiger partial charge in [0.2, 0.25) is 5.71 Å². The van der Waals surface area contributed by atoms with Crippen LogP contribution < -0.4 is 11.2 Å². The van der Waals surface area contributed by atoms with Crippen molar-refractivity contribution < 1.29 is 17.6 Å². The summed E-state index contributed by atoms with van der Waals surface area (Å²) in [5, 5.41) is 27.5. The average molecular weight is 298 g/mol. The molecule has 0 aliphatic heterocycles. The van der Waals surface area contributed by atoms with Crippen LogP contribution in [0.15, 0.2) is 17.2 Å². The van der Waals surface area contributed by atoms with Crippen LogP contribution in [0, 0.1) is 33.9 Å². The third-order valence-electron chi connectivity index (χ3n) is 2.20. The topological polar surface area (TPSA) is 122 Å². The van der Waals surface area contributed by atoms with Gasteiger partial charge < -0.3 is 5.73 Å². The van der Waals surface area contributed by atoms with E-state index < -0.39 is 40.4 Å². The summed E-state index contributed by atoms with van der Waals surface area (Å²) < 4.78 is 51.8. The Kier molecular flexibility index (Phi) is 4.46. The van der Waals surface area contributed by atoms with Gasteiger partial charge in [-0.15, -0.1) is 0 Å². The van der Waals surface area contributed by atoms with Gasteiger partial charge in [0.25, 0.3) is 0 Å². The summed E-state index contributed by atoms with van der Waals surface area (Å²) in [7, 11) is 0. The van der Waals surface area contributed by atoms with E-state index in [0.29, 0.717) is 6.07 Å². The van der Waals surface area contributed by atoms with Crippen LogP contribution in [-0.4, -0.2) is 11.5 Å². The number of nitriles is 2. The molecule has 1 aromatic carbocycles. The first-order valence-corrected chi connectivity index (χ1v) is 5.10. The fourth-order valence-corrected chi connectivity index (χ4v) is 1.32. The molecule has 0 heterocycles. The number of benzene rings is 1. The van der Waals surface area contributed by atoms with Gasteiger partial charge in [0.05, 0.1) is 11.3 Å². The molecule has 0 aliphatic carbocycles. The lowest BCUT2D eigenvalue weighted by Crippen LogP contribution is -2.22. The second-order valence-electron chi connectivity index (χ2n) is 3.55. The Bertz CT molecular complexity index is 692. The molecule has 0 amide bonds. The SMILES string of the molecule is N#C/C(=N\Nc1c(C#N)ccc(F)c1C(F)(F)F)C(=N)N. The number of nitrogens with one attached hydrogen (secondary N) is 2. The van der Waals surface area contributed by atoms with E-state index in [-0.39, 0.29) is 0 Å². The summed E-state index contributed by atoms with van der Waals surface area (Å²) in [6.07, 6.45) is -5.09. The molecular formula is C11H6F4N6. The number of hydrazone groups is 1. The lowest BCUT2D eigenvalue weighted by Gasteiger charge is -2.14. The zero-order valence-corrected chi connectivity index (χ0v) is 10.1. The van der Waals surface area contributed by atoms with Crippen LogP contribution in [0.25, 0.3) is 0 Å². The first kappa shape index (κ1) is 15.9. The molecule has 1 aromatic rings. The maximum absolute atomic E-state index is 13.4. The van der Waals surface area contributed by atoms with Gasteiger partial charge >= 0.3 is 6.18 Å². The number of amidine groups is 1. The van der Waals surface area contributed by atoms with Crippen LogP contribution in [0.5, 0.6) is 0 Å². The van der Waals surface area contributed by atoms with Crippen molar-refractivity contribution in [2.45, 2.75) is 6.18 Å². The lowest BCUT2D eigenvalue weighted by atomic mass is 10.1. The number of anilines is 1. The van der Waals surface area contributed by atoms with E-state index in [1.54, 1.807) is 5.43 Å². The highest BCUT2D eigenvalue weighted by Gasteiger charge is 2.38. The molecule has 0 spiro atoms. The number of alkyl halides is 3. The van der Waals surface area contributed by atoms with Crippen molar-refractivity contribution in [2.75, 3.05) is 5.43 Å². The zero-order valence-electron chi connectivity index (χ0n) is 10.1. The predicted octanol–water partition coefficient (Wildman–Crippen LogP) is 1.94. The number of halogens is 4. The maximum atomic E-state index is 13.4. The van der Waals surface area contributed by atoms with Gasteiger partial charge in [-0.25, -0.2) is 4.39 Å². The number of hydrogen-bond donors (Lipinski definition) is 3. The second kappa shape index (κ2) is 5.88. The lowest BCUT2D eigenvalue weighted by molar-refractivity contribution is -0.139. The van der Waals surface area contributed by atoms with Gasteiger partial charge in [-0.3, -0.25) is 10.8 Å². The molecule has 4 N–H and O–H groups in total. The summed E-state index contributed by atoms with van der Waals surface area (Å²) in [5.41, 5.74) is 2.80. The third kappa shape index (κ3) is 3.45. The van der Waals surface area contributed by atoms with Crippen molar-refractivity contribution in [3.63, 3.8) is 0 Å². The van der Waals surface area contributed by atoms with Crippen LogP contribution in [0.1, 0.15) is 11.1 Å². The van der Waals surface area contributed by atoms with E-state index >= 15 is 0 Å². The quantitative estimate of drug-likeness (QED) is 0.341. The summed E-state index contributed by atoms with van der Waals surface area (Å²) in [6.45, 7) is 0. The van der Waals surface area contributed by atoms with Crippen molar-refractivity contribution in [1.82, 2.24) is 0 Å². The molecule has 0 radical (unpaired) electrons. The van der Waals surface area contributed by atoms with Gasteiger partial charge in [0.15, 0.2) is 5.84 Å². The van der Waals surface area contributed by atoms with Gasteiger partial charge in [-0.2, -0.15) is 28.8 Å². The molecule has 0 saturated carbocycles. The monoisotopic (exact) mass is 298 g/mol. The molecule has 6 nitrogen and oxygen atoms in total. The fraction of sp³-hybridized carbons (Fsp3) is 0.0909. The predicted molar refractivity (Wildman–Crippen MR) is 64.7 cm³/mol. The van der Waals surface area contributed by atoms with E-state index in [1.807, 2.05) is 0 Å². The Morgan fingerprint density at radius 3 is 2.38 bits per heavy atom. The number of nitrogens with two attached hydrogens (primary N) is 1. The van der Waals surface area contributed by atoms with Crippen LogP contribution in [0.4, 0.5) is 23.2 Å². The minimum atomic E-state index is -5.09. The molecule has 0 unspecified atom stereocenters. The Hall–Kier alpha value is -3.14. The molecule has 10 heteroatoms. The Morgan fingerprint density at radius 1 is 1.33 bits per heavy atom. The largest absolute Gasteiger partial charge is 0.421 e. The Balaban J connectivity index is 3.48. The van der Waals surface area contributed by atoms with E-state index in [0.717, 1.165) is 6.07 Å². The molecule has 0 saturated heterocycles. The molecule has 0 fully saturated rings. The molecule has 21 heavy (non-hydrogen) atoms. The van der Waals surface area contributed by atoms with Crippen LogP contribution in [0.3, 0.4) is 0 Å². The minimum absolute atomic E-state index is 0.493. The Labute approximate surface area is 115 Å². The summed E-state index contributed by atoms with van der Waals surface area (Å²) in [5.74, 6) is -2.41. The number of rotatable bonds is 3. The highest BCUT2D eigenvalue weighted by molar-refractivity contribution is 6.45. The molecule has 108 valence electrons. The Morgan fingerprint density at radius 2 is 1.95 bits per heavy atom. The minimum Gasteiger partial charge on any atom is -0.382 e. The molecule has 0 bridgehead atoms. The van der Waals surface area contributed by atoms with Crippen LogP contribution in [0.2, 0.25) is 0 Å². The zero-order chi connectivity index (χ0) is 16.2. The highest BCUT2D eigenvalue weighted by Crippen LogP contribution is 2.38. The van der Waals surface area contributed by atoms with Gasteiger partial charge in [0, 0.05) is 0 Å². The van der Waals surface area contributed by atoms with Crippen LogP contribution in [-0.2, 0) is 6.18 Å². The van der Waals surface area contributed by atoms with Gasteiger partial charge in [-0.05, 0) is 12.1 Å². The normalized spacial score (nSPS) is 11.4. The summed E-state index contributed by atoms with van der Waals surface area (Å²) >= 11 is 0. The molecule has 0 aliphatic rings. The van der Waals surface area contributed by atoms with Crippen molar-refractivity contribution in [3.05, 3.63) is 29.1 Å². The van der Waals surface area contributed by atoms with Crippen molar-refractivity contribution in [1.29, 1.82) is 15.9 Å². The van der Waals surface area contributed by atoms with E-state index in [4.69, 9.17) is 21.7 Å². The highest BCUT2D eigenvalue weighted by atomic mass is 19.4. The van der Waals surface area contributed by atoms with E-state index in [9.17, 15) is 17.6 Å². The van der Waals surface area contributed by atoms with Gasteiger partial charge in [0.1, 0.15) is 23.5 Å². The first-order chi connectivity index (χ1) is 9.72. The smallest absolute Gasteiger partial charge is 0.382 e. The summed E-state index contributed by atoms with van der Waals surface area (Å²) in [4.78, 5) is 0. The van der Waals surface area contributed by atoms with Gasteiger partial charge in [-0.1, -0.05) is 0 Å². The molecule has 0 aromatic heterocycles. The maximum Gasteiger partial charge on any atom is 0.421 e.